The van der Waals surface area contributed by atoms with Crippen LogP contribution < -0.4 is 5.32 Å². The molecule has 2 heterocycles. The SMILES string of the molecule is CCOC1(c2noc([C@@H]3C[C@H](O)CN3)n2)CCCC1. The molecule has 1 saturated carbocycles. The third kappa shape index (κ3) is 2.40. The summed E-state index contributed by atoms with van der Waals surface area (Å²) in [4.78, 5) is 4.52. The van der Waals surface area contributed by atoms with Crippen molar-refractivity contribution in [1.82, 2.24) is 15.5 Å². The summed E-state index contributed by atoms with van der Waals surface area (Å²) in [6.45, 7) is 3.24. The maximum atomic E-state index is 9.54. The first-order valence-corrected chi connectivity index (χ1v) is 7.13. The molecular formula is C13H21N3O3. The summed E-state index contributed by atoms with van der Waals surface area (Å²) >= 11 is 0. The van der Waals surface area contributed by atoms with Gasteiger partial charge in [0.05, 0.1) is 12.1 Å². The summed E-state index contributed by atoms with van der Waals surface area (Å²) in [6, 6.07) is -0.0312. The van der Waals surface area contributed by atoms with E-state index in [4.69, 9.17) is 9.26 Å². The zero-order chi connectivity index (χ0) is 13.3. The van der Waals surface area contributed by atoms with E-state index < -0.39 is 0 Å². The van der Waals surface area contributed by atoms with E-state index >= 15 is 0 Å². The summed E-state index contributed by atoms with van der Waals surface area (Å²) in [7, 11) is 0. The van der Waals surface area contributed by atoms with Crippen molar-refractivity contribution >= 4 is 0 Å². The molecule has 2 fully saturated rings. The minimum absolute atomic E-state index is 0.0312. The molecule has 6 nitrogen and oxygen atoms in total. The van der Waals surface area contributed by atoms with E-state index in [-0.39, 0.29) is 17.7 Å². The fourth-order valence-corrected chi connectivity index (χ4v) is 3.12. The van der Waals surface area contributed by atoms with Crippen molar-refractivity contribution in [3.8, 4) is 0 Å². The summed E-state index contributed by atoms with van der Waals surface area (Å²) < 4.78 is 11.3. The van der Waals surface area contributed by atoms with Gasteiger partial charge in [0, 0.05) is 13.2 Å². The Bertz CT molecular complexity index is 429. The number of nitrogens with one attached hydrogen (secondary N) is 1. The van der Waals surface area contributed by atoms with Gasteiger partial charge in [-0.1, -0.05) is 5.16 Å². The van der Waals surface area contributed by atoms with E-state index in [2.05, 4.69) is 15.5 Å². The minimum Gasteiger partial charge on any atom is -0.392 e. The second-order valence-electron chi connectivity index (χ2n) is 5.44. The number of β-amino-alcohol motifs (C(OH)–C–C–N with tert-alkyl or cyclic N) is 1. The van der Waals surface area contributed by atoms with Gasteiger partial charge in [0.25, 0.3) is 0 Å². The summed E-state index contributed by atoms with van der Waals surface area (Å²) in [6.07, 6.45) is 4.51. The lowest BCUT2D eigenvalue weighted by molar-refractivity contribution is -0.0469. The number of hydrogen-bond acceptors (Lipinski definition) is 6. The Morgan fingerprint density at radius 1 is 1.47 bits per heavy atom. The molecule has 0 amide bonds. The second kappa shape index (κ2) is 5.19. The highest BCUT2D eigenvalue weighted by Crippen LogP contribution is 2.41. The van der Waals surface area contributed by atoms with Crippen molar-refractivity contribution in [2.75, 3.05) is 13.2 Å². The van der Waals surface area contributed by atoms with Gasteiger partial charge >= 0.3 is 0 Å². The van der Waals surface area contributed by atoms with Crippen LogP contribution in [0.25, 0.3) is 0 Å². The third-order valence-corrected chi connectivity index (χ3v) is 4.09. The van der Waals surface area contributed by atoms with Crippen LogP contribution in [-0.2, 0) is 10.3 Å². The predicted octanol–water partition coefficient (Wildman–Crippen LogP) is 1.27. The molecule has 3 rings (SSSR count). The van der Waals surface area contributed by atoms with Crippen LogP contribution in [0.2, 0.25) is 0 Å². The van der Waals surface area contributed by atoms with Gasteiger partial charge in [-0.15, -0.1) is 0 Å². The standard InChI is InChI=1S/C13H21N3O3/c1-2-18-13(5-3-4-6-13)12-15-11(19-16-12)10-7-9(17)8-14-10/h9-10,14,17H,2-8H2,1H3/t9-,10-/m0/s1. The van der Waals surface area contributed by atoms with Crippen LogP contribution in [0.15, 0.2) is 4.52 Å². The maximum absolute atomic E-state index is 9.54. The topological polar surface area (TPSA) is 80.4 Å². The molecule has 2 N–H and O–H groups in total. The average molecular weight is 267 g/mol. The van der Waals surface area contributed by atoms with Crippen LogP contribution in [0.5, 0.6) is 0 Å². The van der Waals surface area contributed by atoms with Crippen molar-refractivity contribution in [2.24, 2.45) is 0 Å². The quantitative estimate of drug-likeness (QED) is 0.855. The fourth-order valence-electron chi connectivity index (χ4n) is 3.12. The van der Waals surface area contributed by atoms with Crippen molar-refractivity contribution in [2.45, 2.75) is 56.8 Å². The molecule has 6 heteroatoms. The Balaban J connectivity index is 1.79. The number of aromatic nitrogens is 2. The number of aliphatic hydroxyl groups excluding tert-OH is 1. The molecule has 106 valence electrons. The van der Waals surface area contributed by atoms with Crippen molar-refractivity contribution in [1.29, 1.82) is 0 Å². The lowest BCUT2D eigenvalue weighted by Crippen LogP contribution is -2.28. The molecule has 1 saturated heterocycles. The molecule has 1 aromatic rings. The number of nitrogens with zero attached hydrogens (tertiary/aromatic N) is 2. The van der Waals surface area contributed by atoms with Crippen LogP contribution in [-0.4, -0.2) is 34.5 Å². The zero-order valence-electron chi connectivity index (χ0n) is 11.3. The van der Waals surface area contributed by atoms with Gasteiger partial charge in [0.15, 0.2) is 0 Å². The van der Waals surface area contributed by atoms with Gasteiger partial charge in [-0.2, -0.15) is 4.98 Å². The largest absolute Gasteiger partial charge is 0.392 e. The summed E-state index contributed by atoms with van der Waals surface area (Å²) in [5.41, 5.74) is -0.353. The van der Waals surface area contributed by atoms with E-state index in [1.807, 2.05) is 6.92 Å². The lowest BCUT2D eigenvalue weighted by atomic mass is 10.0. The molecule has 0 aromatic carbocycles. The van der Waals surface area contributed by atoms with Crippen LogP contribution in [0.1, 0.15) is 56.8 Å². The first-order chi connectivity index (χ1) is 9.23. The molecule has 1 aliphatic carbocycles. The van der Waals surface area contributed by atoms with Gasteiger partial charge in [-0.3, -0.25) is 0 Å². The Hall–Kier alpha value is -0.980. The fraction of sp³-hybridized carbons (Fsp3) is 0.846. The number of rotatable bonds is 4. The Morgan fingerprint density at radius 3 is 2.89 bits per heavy atom. The summed E-state index contributed by atoms with van der Waals surface area (Å²) in [5.74, 6) is 1.24. The first-order valence-electron chi connectivity index (χ1n) is 7.13. The average Bonchev–Trinajstić information content (AvgIpc) is 3.07. The van der Waals surface area contributed by atoms with E-state index in [1.54, 1.807) is 0 Å². The van der Waals surface area contributed by atoms with E-state index in [0.29, 0.717) is 31.3 Å². The zero-order valence-corrected chi connectivity index (χ0v) is 11.3. The molecular weight excluding hydrogens is 246 g/mol. The maximum Gasteiger partial charge on any atom is 0.243 e. The second-order valence-corrected chi connectivity index (χ2v) is 5.44. The molecule has 1 aliphatic heterocycles. The van der Waals surface area contributed by atoms with Crippen molar-refractivity contribution in [3.63, 3.8) is 0 Å². The highest BCUT2D eigenvalue weighted by atomic mass is 16.5. The van der Waals surface area contributed by atoms with E-state index in [1.165, 1.54) is 0 Å². The molecule has 0 radical (unpaired) electrons. The molecule has 19 heavy (non-hydrogen) atoms. The van der Waals surface area contributed by atoms with E-state index in [9.17, 15) is 5.11 Å². The van der Waals surface area contributed by atoms with Gasteiger partial charge in [-0.25, -0.2) is 0 Å². The molecule has 2 atom stereocenters. The highest BCUT2D eigenvalue weighted by Gasteiger charge is 2.41. The normalized spacial score (nSPS) is 30.0. The molecule has 0 spiro atoms. The molecule has 2 aliphatic rings. The van der Waals surface area contributed by atoms with Crippen LogP contribution >= 0.6 is 0 Å². The van der Waals surface area contributed by atoms with Gasteiger partial charge in [-0.05, 0) is 39.0 Å². The summed E-state index contributed by atoms with van der Waals surface area (Å²) in [5, 5.41) is 16.8. The van der Waals surface area contributed by atoms with Crippen LogP contribution in [0, 0.1) is 0 Å². The predicted molar refractivity (Wildman–Crippen MR) is 67.4 cm³/mol. The van der Waals surface area contributed by atoms with Crippen LogP contribution in [0.3, 0.4) is 0 Å². The minimum atomic E-state index is -0.353. The monoisotopic (exact) mass is 267 g/mol. The van der Waals surface area contributed by atoms with Gasteiger partial charge in [0.1, 0.15) is 5.60 Å². The smallest absolute Gasteiger partial charge is 0.243 e. The lowest BCUT2D eigenvalue weighted by Gasteiger charge is -2.24. The van der Waals surface area contributed by atoms with Crippen molar-refractivity contribution in [3.05, 3.63) is 11.7 Å². The van der Waals surface area contributed by atoms with Gasteiger partial charge < -0.3 is 19.7 Å². The number of ether oxygens (including phenoxy) is 1. The Kier molecular flexibility index (Phi) is 3.56. The third-order valence-electron chi connectivity index (χ3n) is 4.09. The van der Waals surface area contributed by atoms with E-state index in [0.717, 1.165) is 25.7 Å². The Labute approximate surface area is 112 Å². The Morgan fingerprint density at radius 2 is 2.26 bits per heavy atom. The van der Waals surface area contributed by atoms with Crippen LogP contribution in [0.4, 0.5) is 0 Å². The first kappa shape index (κ1) is 13.0. The number of aliphatic hydroxyl groups is 1. The number of hydrogen-bond donors (Lipinski definition) is 2. The molecule has 1 aromatic heterocycles. The van der Waals surface area contributed by atoms with Crippen molar-refractivity contribution < 1.29 is 14.4 Å². The molecule has 0 unspecified atom stereocenters. The van der Waals surface area contributed by atoms with Gasteiger partial charge in [0.2, 0.25) is 11.7 Å². The molecule has 0 bridgehead atoms. The highest BCUT2D eigenvalue weighted by molar-refractivity contribution is 5.07.